The molecule has 0 aromatic heterocycles. The van der Waals surface area contributed by atoms with E-state index in [1.165, 1.54) is 4.90 Å². The summed E-state index contributed by atoms with van der Waals surface area (Å²) in [4.78, 5) is 27.7. The van der Waals surface area contributed by atoms with Gasteiger partial charge in [-0.1, -0.05) is 43.3 Å². The highest BCUT2D eigenvalue weighted by Gasteiger charge is 2.42. The second-order valence-corrected chi connectivity index (χ2v) is 6.09. The molecule has 0 spiro atoms. The summed E-state index contributed by atoms with van der Waals surface area (Å²) >= 11 is 0. The zero-order valence-electron chi connectivity index (χ0n) is 14.7. The summed E-state index contributed by atoms with van der Waals surface area (Å²) in [7, 11) is 0. The maximum atomic E-state index is 13.2. The fraction of sp³-hybridized carbons (Fsp3) is 0.182. The number of imide groups is 1. The van der Waals surface area contributed by atoms with Crippen molar-refractivity contribution in [2.24, 2.45) is 0 Å². The minimum atomic E-state index is -0.333. The molecule has 3 aromatic rings. The highest BCUT2D eigenvalue weighted by Crippen LogP contribution is 2.42. The number of carbonyl (C=O) groups is 2. The Bertz CT molecular complexity index is 1020. The topological polar surface area (TPSA) is 46.6 Å². The Labute approximate surface area is 152 Å². The van der Waals surface area contributed by atoms with E-state index in [1.54, 1.807) is 24.3 Å². The van der Waals surface area contributed by atoms with E-state index in [-0.39, 0.29) is 11.8 Å². The number of hydrogen-bond acceptors (Lipinski definition) is 3. The molecule has 0 atom stereocenters. The van der Waals surface area contributed by atoms with Crippen LogP contribution in [0.3, 0.4) is 0 Å². The predicted molar refractivity (Wildman–Crippen MR) is 101 cm³/mol. The lowest BCUT2D eigenvalue weighted by molar-refractivity contribution is 0.0925. The van der Waals surface area contributed by atoms with Gasteiger partial charge >= 0.3 is 0 Å². The number of fused-ring (bicyclic) bond motifs is 2. The van der Waals surface area contributed by atoms with E-state index in [2.05, 4.69) is 6.07 Å². The Morgan fingerprint density at radius 2 is 1.58 bits per heavy atom. The van der Waals surface area contributed by atoms with E-state index < -0.39 is 0 Å². The Morgan fingerprint density at radius 3 is 2.23 bits per heavy atom. The number of rotatable bonds is 4. The molecule has 2 amide bonds. The van der Waals surface area contributed by atoms with Gasteiger partial charge in [-0.2, -0.15) is 0 Å². The van der Waals surface area contributed by atoms with Crippen molar-refractivity contribution < 1.29 is 14.3 Å². The van der Waals surface area contributed by atoms with E-state index in [4.69, 9.17) is 4.74 Å². The predicted octanol–water partition coefficient (Wildman–Crippen LogP) is 4.40. The summed E-state index contributed by atoms with van der Waals surface area (Å²) in [5.74, 6) is -0.126. The third-order valence-electron chi connectivity index (χ3n) is 4.71. The average molecular weight is 344 g/mol. The quantitative estimate of drug-likeness (QED) is 0.659. The van der Waals surface area contributed by atoms with Gasteiger partial charge in [0.1, 0.15) is 5.75 Å². The molecule has 4 nitrogen and oxygen atoms in total. The van der Waals surface area contributed by atoms with E-state index in [0.717, 1.165) is 16.3 Å². The largest absolute Gasteiger partial charge is 0.492 e. The number of ether oxygens (including phenoxy) is 1. The molecule has 0 unspecified atom stereocenters. The molecular weight excluding hydrogens is 326 g/mol. The minimum Gasteiger partial charge on any atom is -0.492 e. The van der Waals surface area contributed by atoms with Gasteiger partial charge in [0.15, 0.2) is 0 Å². The normalized spacial score (nSPS) is 13.4. The SMILES string of the molecule is CCOc1c2c(c(CC)c3ccccc13)C(=O)N(c1cc[c]cc1)C2=O. The second-order valence-electron chi connectivity index (χ2n) is 6.09. The lowest BCUT2D eigenvalue weighted by atomic mass is 9.92. The summed E-state index contributed by atoms with van der Waals surface area (Å²) < 4.78 is 5.86. The van der Waals surface area contributed by atoms with Crippen LogP contribution in [0.25, 0.3) is 10.8 Å². The molecule has 0 aliphatic carbocycles. The first-order chi connectivity index (χ1) is 12.7. The molecule has 4 rings (SSSR count). The molecule has 1 heterocycles. The summed E-state index contributed by atoms with van der Waals surface area (Å²) in [6.45, 7) is 4.30. The first kappa shape index (κ1) is 16.3. The van der Waals surface area contributed by atoms with Crippen molar-refractivity contribution in [3.8, 4) is 5.75 Å². The van der Waals surface area contributed by atoms with Crippen LogP contribution >= 0.6 is 0 Å². The fourth-order valence-electron chi connectivity index (χ4n) is 3.66. The third-order valence-corrected chi connectivity index (χ3v) is 4.71. The third kappa shape index (κ3) is 2.22. The molecule has 0 fully saturated rings. The van der Waals surface area contributed by atoms with Crippen molar-refractivity contribution in [1.29, 1.82) is 0 Å². The van der Waals surface area contributed by atoms with Crippen molar-refractivity contribution in [1.82, 2.24) is 0 Å². The highest BCUT2D eigenvalue weighted by atomic mass is 16.5. The van der Waals surface area contributed by atoms with Crippen LogP contribution < -0.4 is 9.64 Å². The number of amides is 2. The van der Waals surface area contributed by atoms with Crippen LogP contribution in [0.1, 0.15) is 40.1 Å². The van der Waals surface area contributed by atoms with Crippen LogP contribution in [0.15, 0.2) is 48.5 Å². The Balaban J connectivity index is 2.06. The Hall–Kier alpha value is -3.14. The number of benzene rings is 3. The van der Waals surface area contributed by atoms with Gasteiger partial charge in [0.25, 0.3) is 11.8 Å². The molecule has 0 bridgehead atoms. The van der Waals surface area contributed by atoms with Crippen molar-refractivity contribution in [2.45, 2.75) is 20.3 Å². The average Bonchev–Trinajstić information content (AvgIpc) is 2.93. The number of hydrogen-bond donors (Lipinski definition) is 0. The number of nitrogens with zero attached hydrogens (tertiary/aromatic N) is 1. The molecular formula is C22H18NO3. The van der Waals surface area contributed by atoms with E-state index in [1.807, 2.05) is 38.1 Å². The van der Waals surface area contributed by atoms with Gasteiger partial charge < -0.3 is 4.74 Å². The summed E-state index contributed by atoms with van der Waals surface area (Å²) in [6, 6.07) is 17.5. The maximum absolute atomic E-state index is 13.2. The lowest BCUT2D eigenvalue weighted by Gasteiger charge is -2.15. The van der Waals surface area contributed by atoms with Crippen molar-refractivity contribution in [3.63, 3.8) is 0 Å². The van der Waals surface area contributed by atoms with Crippen molar-refractivity contribution in [3.05, 3.63) is 71.3 Å². The van der Waals surface area contributed by atoms with E-state index >= 15 is 0 Å². The monoisotopic (exact) mass is 344 g/mol. The van der Waals surface area contributed by atoms with E-state index in [9.17, 15) is 9.59 Å². The summed E-state index contributed by atoms with van der Waals surface area (Å²) in [6.07, 6.45) is 0.657. The van der Waals surface area contributed by atoms with Gasteiger partial charge in [-0.15, -0.1) is 0 Å². The number of aryl methyl sites for hydroxylation is 1. The van der Waals surface area contributed by atoms with Gasteiger partial charge in [-0.05, 0) is 42.5 Å². The van der Waals surface area contributed by atoms with Gasteiger partial charge in [-0.25, -0.2) is 4.90 Å². The fourth-order valence-corrected chi connectivity index (χ4v) is 3.66. The molecule has 3 aromatic carbocycles. The molecule has 0 saturated carbocycles. The second kappa shape index (κ2) is 6.30. The van der Waals surface area contributed by atoms with Crippen LogP contribution in [-0.4, -0.2) is 18.4 Å². The molecule has 0 N–H and O–H groups in total. The molecule has 26 heavy (non-hydrogen) atoms. The van der Waals surface area contributed by atoms with Gasteiger partial charge in [0.05, 0.1) is 23.4 Å². The first-order valence-corrected chi connectivity index (χ1v) is 8.74. The molecule has 0 saturated heterocycles. The zero-order valence-corrected chi connectivity index (χ0v) is 14.7. The first-order valence-electron chi connectivity index (χ1n) is 8.74. The minimum absolute atomic E-state index is 0.292. The maximum Gasteiger partial charge on any atom is 0.269 e. The lowest BCUT2D eigenvalue weighted by Crippen LogP contribution is -2.29. The van der Waals surface area contributed by atoms with Gasteiger partial charge in [0, 0.05) is 5.39 Å². The molecule has 1 aliphatic rings. The van der Waals surface area contributed by atoms with Crippen LogP contribution in [0, 0.1) is 6.07 Å². The molecule has 1 radical (unpaired) electrons. The van der Waals surface area contributed by atoms with Crippen LogP contribution in [0.4, 0.5) is 5.69 Å². The smallest absolute Gasteiger partial charge is 0.269 e. The van der Waals surface area contributed by atoms with Gasteiger partial charge in [0.2, 0.25) is 0 Å². The summed E-state index contributed by atoms with van der Waals surface area (Å²) in [5, 5.41) is 1.83. The standard InChI is InChI=1S/C22H18NO3/c1-3-15-16-12-8-9-13-17(16)20(26-4-2)19-18(15)21(24)23(22(19)25)14-10-6-5-7-11-14/h6-13H,3-4H2,1-2H3. The summed E-state index contributed by atoms with van der Waals surface area (Å²) in [5.41, 5.74) is 2.28. The van der Waals surface area contributed by atoms with Gasteiger partial charge in [-0.3, -0.25) is 9.59 Å². The Kier molecular flexibility index (Phi) is 3.96. The molecule has 129 valence electrons. The zero-order chi connectivity index (χ0) is 18.3. The Morgan fingerprint density at radius 1 is 0.923 bits per heavy atom. The highest BCUT2D eigenvalue weighted by molar-refractivity contribution is 6.37. The number of anilines is 1. The van der Waals surface area contributed by atoms with Crippen LogP contribution in [0.5, 0.6) is 5.75 Å². The molecule has 1 aliphatic heterocycles. The van der Waals surface area contributed by atoms with E-state index in [0.29, 0.717) is 35.6 Å². The van der Waals surface area contributed by atoms with Crippen LogP contribution in [-0.2, 0) is 6.42 Å². The molecule has 4 heteroatoms. The van der Waals surface area contributed by atoms with Crippen molar-refractivity contribution in [2.75, 3.05) is 11.5 Å². The number of carbonyl (C=O) groups excluding carboxylic acids is 2. The van der Waals surface area contributed by atoms with Crippen LogP contribution in [0.2, 0.25) is 0 Å². The van der Waals surface area contributed by atoms with Crippen molar-refractivity contribution >= 4 is 28.3 Å².